The minimum atomic E-state index is 0. The third-order valence-corrected chi connectivity index (χ3v) is 3.65. The first kappa shape index (κ1) is 18.9. The van der Waals surface area contributed by atoms with E-state index in [2.05, 4.69) is 15.0 Å². The summed E-state index contributed by atoms with van der Waals surface area (Å²) in [7, 11) is 0. The van der Waals surface area contributed by atoms with E-state index < -0.39 is 0 Å². The van der Waals surface area contributed by atoms with Crippen molar-refractivity contribution in [2.24, 2.45) is 5.73 Å². The number of nitrogens with two attached hydrogens (primary N) is 1. The van der Waals surface area contributed by atoms with Crippen LogP contribution >= 0.6 is 24.8 Å². The van der Waals surface area contributed by atoms with Gasteiger partial charge in [-0.3, -0.25) is 4.90 Å². The average molecular weight is 345 g/mol. The predicted octanol–water partition coefficient (Wildman–Crippen LogP) is 2.89. The highest BCUT2D eigenvalue weighted by Crippen LogP contribution is 2.17. The van der Waals surface area contributed by atoms with Gasteiger partial charge in [-0.05, 0) is 31.5 Å². The van der Waals surface area contributed by atoms with Gasteiger partial charge in [-0.15, -0.1) is 24.8 Å². The zero-order valence-corrected chi connectivity index (χ0v) is 14.0. The molecule has 0 bridgehead atoms. The van der Waals surface area contributed by atoms with E-state index in [9.17, 15) is 0 Å². The van der Waals surface area contributed by atoms with Gasteiger partial charge in [0.2, 0.25) is 0 Å². The molecule has 3 rings (SSSR count). The Kier molecular flexibility index (Phi) is 7.82. The maximum atomic E-state index is 6.07. The lowest BCUT2D eigenvalue weighted by molar-refractivity contribution is 0.254. The van der Waals surface area contributed by atoms with Gasteiger partial charge in [-0.25, -0.2) is 0 Å². The van der Waals surface area contributed by atoms with Crippen LogP contribution in [0.4, 0.5) is 0 Å². The molecule has 2 N–H and O–H groups in total. The van der Waals surface area contributed by atoms with Crippen LogP contribution in [0.15, 0.2) is 34.9 Å². The molecular weight excluding hydrogens is 323 g/mol. The fourth-order valence-electron chi connectivity index (χ4n) is 2.62. The molecule has 2 aromatic rings. The predicted molar refractivity (Wildman–Crippen MR) is 91.3 cm³/mol. The quantitative estimate of drug-likeness (QED) is 0.926. The summed E-state index contributed by atoms with van der Waals surface area (Å²) in [5.41, 5.74) is 7.03. The first-order valence-corrected chi connectivity index (χ1v) is 7.17. The lowest BCUT2D eigenvalue weighted by Crippen LogP contribution is -2.35. The molecule has 122 valence electrons. The van der Waals surface area contributed by atoms with E-state index in [0.29, 0.717) is 12.4 Å². The summed E-state index contributed by atoms with van der Waals surface area (Å²) in [5, 5.41) is 4.07. The zero-order chi connectivity index (χ0) is 13.8. The van der Waals surface area contributed by atoms with Crippen molar-refractivity contribution >= 4 is 24.8 Å². The van der Waals surface area contributed by atoms with E-state index in [4.69, 9.17) is 10.3 Å². The van der Waals surface area contributed by atoms with Crippen LogP contribution in [0.3, 0.4) is 0 Å². The highest BCUT2D eigenvalue weighted by atomic mass is 35.5. The Balaban J connectivity index is 0.00000121. The average Bonchev–Trinajstić information content (AvgIpc) is 2.83. The number of likely N-dealkylation sites (tertiary alicyclic amines) is 1. The fraction of sp³-hybridized carbons (Fsp3) is 0.467. The van der Waals surface area contributed by atoms with Gasteiger partial charge < -0.3 is 10.3 Å². The van der Waals surface area contributed by atoms with Crippen molar-refractivity contribution in [3.63, 3.8) is 0 Å². The molecule has 2 heterocycles. The van der Waals surface area contributed by atoms with Gasteiger partial charge in [0.05, 0.1) is 6.54 Å². The third-order valence-electron chi connectivity index (χ3n) is 3.65. The first-order chi connectivity index (χ1) is 9.81. The molecule has 0 aliphatic carbocycles. The molecule has 1 aliphatic rings. The molecule has 1 fully saturated rings. The minimum absolute atomic E-state index is 0. The molecule has 1 aromatic heterocycles. The second-order valence-corrected chi connectivity index (χ2v) is 5.37. The number of hydrogen-bond donors (Lipinski definition) is 1. The summed E-state index contributed by atoms with van der Waals surface area (Å²) < 4.78 is 5.33. The van der Waals surface area contributed by atoms with E-state index in [1.54, 1.807) is 0 Å². The highest BCUT2D eigenvalue weighted by molar-refractivity contribution is 5.85. The van der Waals surface area contributed by atoms with E-state index in [-0.39, 0.29) is 30.9 Å². The van der Waals surface area contributed by atoms with Crippen molar-refractivity contribution in [2.75, 3.05) is 13.1 Å². The van der Waals surface area contributed by atoms with E-state index >= 15 is 0 Å². The molecule has 0 spiro atoms. The molecule has 0 saturated carbocycles. The van der Waals surface area contributed by atoms with Crippen LogP contribution in [0.2, 0.25) is 0 Å². The van der Waals surface area contributed by atoms with Crippen LogP contribution < -0.4 is 5.73 Å². The summed E-state index contributed by atoms with van der Waals surface area (Å²) in [5.74, 6) is 1.32. The largest absolute Gasteiger partial charge is 0.334 e. The first-order valence-electron chi connectivity index (χ1n) is 7.17. The van der Waals surface area contributed by atoms with Gasteiger partial charge in [-0.1, -0.05) is 29.8 Å². The van der Waals surface area contributed by atoms with Gasteiger partial charge in [0, 0.05) is 18.2 Å². The topological polar surface area (TPSA) is 68.2 Å². The van der Waals surface area contributed by atoms with Crippen molar-refractivity contribution in [1.29, 1.82) is 0 Å². The van der Waals surface area contributed by atoms with Gasteiger partial charge in [0.1, 0.15) is 0 Å². The van der Waals surface area contributed by atoms with Crippen molar-refractivity contribution in [1.82, 2.24) is 15.0 Å². The van der Waals surface area contributed by atoms with Crippen LogP contribution in [-0.4, -0.2) is 34.2 Å². The standard InChI is InChI=1S/C15H20N4O.2ClH/c16-13-8-4-5-9-19(10-13)11-14-17-15(20-18-14)12-6-2-1-3-7-12;;/h1-3,6-7,13H,4-5,8-11,16H2;2*1H. The van der Waals surface area contributed by atoms with Gasteiger partial charge in [-0.2, -0.15) is 4.98 Å². The van der Waals surface area contributed by atoms with Gasteiger partial charge in [0.15, 0.2) is 5.82 Å². The van der Waals surface area contributed by atoms with E-state index in [0.717, 1.165) is 30.9 Å². The lowest BCUT2D eigenvalue weighted by atomic mass is 10.2. The number of benzene rings is 1. The van der Waals surface area contributed by atoms with E-state index in [1.165, 1.54) is 12.8 Å². The summed E-state index contributed by atoms with van der Waals surface area (Å²) >= 11 is 0. The summed E-state index contributed by atoms with van der Waals surface area (Å²) in [6.45, 7) is 2.68. The Labute approximate surface area is 143 Å². The summed E-state index contributed by atoms with van der Waals surface area (Å²) in [6, 6.07) is 10.1. The number of aromatic nitrogens is 2. The minimum Gasteiger partial charge on any atom is -0.334 e. The van der Waals surface area contributed by atoms with Crippen LogP contribution in [0.1, 0.15) is 25.1 Å². The second-order valence-electron chi connectivity index (χ2n) is 5.37. The van der Waals surface area contributed by atoms with Gasteiger partial charge in [0.25, 0.3) is 5.89 Å². The van der Waals surface area contributed by atoms with Crippen LogP contribution in [0, 0.1) is 0 Å². The van der Waals surface area contributed by atoms with Crippen molar-refractivity contribution < 1.29 is 4.52 Å². The maximum Gasteiger partial charge on any atom is 0.257 e. The Morgan fingerprint density at radius 1 is 1.18 bits per heavy atom. The Hall–Kier alpha value is -1.14. The third kappa shape index (κ3) is 4.95. The van der Waals surface area contributed by atoms with Crippen molar-refractivity contribution in [3.8, 4) is 11.5 Å². The molecule has 1 unspecified atom stereocenters. The Morgan fingerprint density at radius 2 is 1.95 bits per heavy atom. The van der Waals surface area contributed by atoms with Crippen LogP contribution in [0.5, 0.6) is 0 Å². The fourth-order valence-corrected chi connectivity index (χ4v) is 2.62. The lowest BCUT2D eigenvalue weighted by Gasteiger charge is -2.20. The normalized spacial score (nSPS) is 18.9. The second kappa shape index (κ2) is 9.10. The monoisotopic (exact) mass is 344 g/mol. The molecule has 0 amide bonds. The SMILES string of the molecule is Cl.Cl.NC1CCCCN(Cc2noc(-c3ccccc3)n2)C1. The molecule has 0 radical (unpaired) electrons. The Bertz CT molecular complexity index is 549. The molecule has 7 heteroatoms. The zero-order valence-electron chi connectivity index (χ0n) is 12.4. The maximum absolute atomic E-state index is 6.07. The molecule has 1 aromatic carbocycles. The summed E-state index contributed by atoms with van der Waals surface area (Å²) in [6.07, 6.45) is 3.51. The van der Waals surface area contributed by atoms with Crippen molar-refractivity contribution in [3.05, 3.63) is 36.2 Å². The number of rotatable bonds is 3. The van der Waals surface area contributed by atoms with E-state index in [1.807, 2.05) is 30.3 Å². The molecule has 5 nitrogen and oxygen atoms in total. The molecule has 1 atom stereocenters. The van der Waals surface area contributed by atoms with Gasteiger partial charge >= 0.3 is 0 Å². The molecule has 1 saturated heterocycles. The van der Waals surface area contributed by atoms with Crippen molar-refractivity contribution in [2.45, 2.75) is 31.8 Å². The highest BCUT2D eigenvalue weighted by Gasteiger charge is 2.17. The molecular formula is C15H22Cl2N4O. The number of nitrogens with zero attached hydrogens (tertiary/aromatic N) is 3. The molecule has 22 heavy (non-hydrogen) atoms. The van der Waals surface area contributed by atoms with Crippen LogP contribution in [0.25, 0.3) is 11.5 Å². The Morgan fingerprint density at radius 3 is 2.73 bits per heavy atom. The van der Waals surface area contributed by atoms with Crippen LogP contribution in [-0.2, 0) is 6.54 Å². The summed E-state index contributed by atoms with van der Waals surface area (Å²) in [4.78, 5) is 6.79. The number of halogens is 2. The smallest absolute Gasteiger partial charge is 0.257 e. The molecule has 1 aliphatic heterocycles. The number of hydrogen-bond acceptors (Lipinski definition) is 5.